The van der Waals surface area contributed by atoms with Crippen molar-refractivity contribution in [3.05, 3.63) is 35.9 Å². The molecule has 0 amide bonds. The highest BCUT2D eigenvalue weighted by molar-refractivity contribution is 5.23. The van der Waals surface area contributed by atoms with Crippen LogP contribution in [0.25, 0.3) is 0 Å². The zero-order valence-electron chi connectivity index (χ0n) is 7.46. The molecular weight excluding hydrogens is 146 g/mol. The summed E-state index contributed by atoms with van der Waals surface area (Å²) in [7, 11) is 0. The zero-order valence-corrected chi connectivity index (χ0v) is 7.46. The third-order valence-electron chi connectivity index (χ3n) is 2.59. The second kappa shape index (κ2) is 3.28. The van der Waals surface area contributed by atoms with E-state index in [1.165, 1.54) is 18.5 Å². The van der Waals surface area contributed by atoms with Crippen molar-refractivity contribution >= 4 is 0 Å². The molecular formula is C11H15N. The molecule has 1 aliphatic heterocycles. The first-order valence-electron chi connectivity index (χ1n) is 4.70. The molecule has 12 heavy (non-hydrogen) atoms. The Balaban J connectivity index is 2.15. The fourth-order valence-corrected chi connectivity index (χ4v) is 1.81. The summed E-state index contributed by atoms with van der Waals surface area (Å²) in [6.45, 7) is 3.46. The van der Waals surface area contributed by atoms with Crippen molar-refractivity contribution in [3.8, 4) is 0 Å². The standard InChI is InChI=1S/C11H15N/c1-2-10(11-8-12-11)9-6-4-3-5-7-9/h3-7,10-12H,2,8H2,1H3. The van der Waals surface area contributed by atoms with Crippen molar-refractivity contribution in [1.82, 2.24) is 5.32 Å². The van der Waals surface area contributed by atoms with E-state index in [1.807, 2.05) is 0 Å². The van der Waals surface area contributed by atoms with Crippen molar-refractivity contribution in [2.24, 2.45) is 0 Å². The van der Waals surface area contributed by atoms with Crippen LogP contribution < -0.4 is 5.32 Å². The fourth-order valence-electron chi connectivity index (χ4n) is 1.81. The van der Waals surface area contributed by atoms with Gasteiger partial charge in [0.25, 0.3) is 0 Å². The van der Waals surface area contributed by atoms with Gasteiger partial charge in [0.15, 0.2) is 0 Å². The molecule has 1 aliphatic rings. The van der Waals surface area contributed by atoms with Crippen LogP contribution in [0.3, 0.4) is 0 Å². The van der Waals surface area contributed by atoms with Gasteiger partial charge in [-0.3, -0.25) is 0 Å². The Labute approximate surface area is 73.8 Å². The number of benzene rings is 1. The van der Waals surface area contributed by atoms with Crippen LogP contribution in [0.5, 0.6) is 0 Å². The van der Waals surface area contributed by atoms with Gasteiger partial charge in [-0.1, -0.05) is 37.3 Å². The van der Waals surface area contributed by atoms with E-state index >= 15 is 0 Å². The molecule has 2 rings (SSSR count). The minimum Gasteiger partial charge on any atom is -0.311 e. The van der Waals surface area contributed by atoms with E-state index in [0.29, 0.717) is 0 Å². The fraction of sp³-hybridized carbons (Fsp3) is 0.455. The van der Waals surface area contributed by atoms with Gasteiger partial charge in [-0.05, 0) is 12.0 Å². The Bertz CT molecular complexity index is 238. The van der Waals surface area contributed by atoms with Crippen LogP contribution in [0.1, 0.15) is 24.8 Å². The SMILES string of the molecule is CCC(c1ccccc1)C1CN1. The van der Waals surface area contributed by atoms with Gasteiger partial charge in [0.05, 0.1) is 0 Å². The van der Waals surface area contributed by atoms with E-state index in [1.54, 1.807) is 0 Å². The van der Waals surface area contributed by atoms with Gasteiger partial charge in [-0.25, -0.2) is 0 Å². The van der Waals surface area contributed by atoms with Crippen molar-refractivity contribution in [1.29, 1.82) is 0 Å². The Morgan fingerprint density at radius 1 is 1.42 bits per heavy atom. The molecule has 0 saturated carbocycles. The van der Waals surface area contributed by atoms with Gasteiger partial charge in [0.2, 0.25) is 0 Å². The van der Waals surface area contributed by atoms with Gasteiger partial charge in [-0.15, -0.1) is 0 Å². The number of rotatable bonds is 3. The highest BCUT2D eigenvalue weighted by atomic mass is 15.1. The highest BCUT2D eigenvalue weighted by Crippen LogP contribution is 2.27. The lowest BCUT2D eigenvalue weighted by atomic mass is 9.93. The van der Waals surface area contributed by atoms with Gasteiger partial charge in [0.1, 0.15) is 0 Å². The van der Waals surface area contributed by atoms with Crippen LogP contribution in [-0.2, 0) is 0 Å². The molecule has 1 aromatic rings. The molecule has 1 fully saturated rings. The summed E-state index contributed by atoms with van der Waals surface area (Å²) in [5.74, 6) is 0.728. The van der Waals surface area contributed by atoms with Crippen molar-refractivity contribution in [2.45, 2.75) is 25.3 Å². The average molecular weight is 161 g/mol. The van der Waals surface area contributed by atoms with Crippen LogP contribution in [0, 0.1) is 0 Å². The summed E-state index contributed by atoms with van der Waals surface area (Å²) in [6.07, 6.45) is 1.24. The van der Waals surface area contributed by atoms with Gasteiger partial charge in [-0.2, -0.15) is 0 Å². The first-order chi connectivity index (χ1) is 5.92. The largest absolute Gasteiger partial charge is 0.311 e. The van der Waals surface area contributed by atoms with Gasteiger partial charge >= 0.3 is 0 Å². The summed E-state index contributed by atoms with van der Waals surface area (Å²) in [6, 6.07) is 11.5. The smallest absolute Gasteiger partial charge is 0.0261 e. The van der Waals surface area contributed by atoms with Crippen LogP contribution in [0.15, 0.2) is 30.3 Å². The van der Waals surface area contributed by atoms with Gasteiger partial charge < -0.3 is 5.32 Å². The Morgan fingerprint density at radius 3 is 2.58 bits per heavy atom. The third kappa shape index (κ3) is 1.51. The monoisotopic (exact) mass is 161 g/mol. The summed E-state index contributed by atoms with van der Waals surface area (Å²) < 4.78 is 0. The molecule has 64 valence electrons. The lowest BCUT2D eigenvalue weighted by Gasteiger charge is -2.12. The number of hydrogen-bond acceptors (Lipinski definition) is 1. The predicted octanol–water partition coefficient (Wildman–Crippen LogP) is 2.15. The van der Waals surface area contributed by atoms with Crippen molar-refractivity contribution < 1.29 is 0 Å². The second-order valence-electron chi connectivity index (χ2n) is 3.44. The maximum Gasteiger partial charge on any atom is 0.0261 e. The second-order valence-corrected chi connectivity index (χ2v) is 3.44. The maximum atomic E-state index is 3.38. The molecule has 1 N–H and O–H groups in total. The number of nitrogens with one attached hydrogen (secondary N) is 1. The quantitative estimate of drug-likeness (QED) is 0.674. The summed E-state index contributed by atoms with van der Waals surface area (Å²) in [4.78, 5) is 0. The molecule has 1 nitrogen and oxygen atoms in total. The average Bonchev–Trinajstić information content (AvgIpc) is 2.92. The lowest BCUT2D eigenvalue weighted by Crippen LogP contribution is -2.07. The predicted molar refractivity (Wildman–Crippen MR) is 51.3 cm³/mol. The number of hydrogen-bond donors (Lipinski definition) is 1. The highest BCUT2D eigenvalue weighted by Gasteiger charge is 2.29. The first kappa shape index (κ1) is 7.81. The van der Waals surface area contributed by atoms with E-state index in [2.05, 4.69) is 42.6 Å². The summed E-state index contributed by atoms with van der Waals surface area (Å²) in [5.41, 5.74) is 1.48. The minimum atomic E-state index is 0.728. The molecule has 1 heteroatoms. The molecule has 0 radical (unpaired) electrons. The molecule has 0 bridgehead atoms. The molecule has 0 spiro atoms. The molecule has 2 unspecified atom stereocenters. The van der Waals surface area contributed by atoms with Crippen molar-refractivity contribution in [2.75, 3.05) is 6.54 Å². The van der Waals surface area contributed by atoms with E-state index in [9.17, 15) is 0 Å². The van der Waals surface area contributed by atoms with Crippen LogP contribution in [-0.4, -0.2) is 12.6 Å². The zero-order chi connectivity index (χ0) is 8.39. The molecule has 1 aromatic carbocycles. The van der Waals surface area contributed by atoms with E-state index < -0.39 is 0 Å². The normalized spacial score (nSPS) is 23.6. The maximum absolute atomic E-state index is 3.38. The molecule has 0 aliphatic carbocycles. The summed E-state index contributed by atoms with van der Waals surface area (Å²) >= 11 is 0. The van der Waals surface area contributed by atoms with E-state index in [4.69, 9.17) is 0 Å². The summed E-state index contributed by atoms with van der Waals surface area (Å²) in [5, 5.41) is 3.38. The molecule has 2 atom stereocenters. The topological polar surface area (TPSA) is 21.9 Å². The molecule has 1 heterocycles. The van der Waals surface area contributed by atoms with E-state index in [0.717, 1.165) is 12.0 Å². The lowest BCUT2D eigenvalue weighted by molar-refractivity contribution is 0.648. The Hall–Kier alpha value is -0.820. The van der Waals surface area contributed by atoms with Crippen LogP contribution in [0.2, 0.25) is 0 Å². The van der Waals surface area contributed by atoms with Crippen LogP contribution >= 0.6 is 0 Å². The van der Waals surface area contributed by atoms with Crippen molar-refractivity contribution in [3.63, 3.8) is 0 Å². The molecule has 0 aromatic heterocycles. The van der Waals surface area contributed by atoms with E-state index in [-0.39, 0.29) is 0 Å². The van der Waals surface area contributed by atoms with Gasteiger partial charge in [0, 0.05) is 18.5 Å². The third-order valence-corrected chi connectivity index (χ3v) is 2.59. The Morgan fingerprint density at radius 2 is 2.08 bits per heavy atom. The minimum absolute atomic E-state index is 0.728. The Kier molecular flexibility index (Phi) is 2.13. The first-order valence-corrected chi connectivity index (χ1v) is 4.70. The molecule has 1 saturated heterocycles. The van der Waals surface area contributed by atoms with Crippen LogP contribution in [0.4, 0.5) is 0 Å².